The summed E-state index contributed by atoms with van der Waals surface area (Å²) in [6.45, 7) is 5.93. The predicted octanol–water partition coefficient (Wildman–Crippen LogP) is 3.30. The Balaban J connectivity index is 2.06. The molecular weight excluding hydrogens is 430 g/mol. The van der Waals surface area contributed by atoms with Crippen LogP contribution in [0, 0.1) is 11.8 Å². The fourth-order valence-electron chi connectivity index (χ4n) is 4.37. The van der Waals surface area contributed by atoms with Crippen LogP contribution in [-0.2, 0) is 23.9 Å². The second kappa shape index (κ2) is 10.3. The number of allylic oxidation sites excluding steroid dienone is 3. The van der Waals surface area contributed by atoms with Crippen molar-refractivity contribution in [3.8, 4) is 5.75 Å². The molecule has 0 saturated heterocycles. The zero-order chi connectivity index (χ0) is 23.4. The van der Waals surface area contributed by atoms with Crippen LogP contribution in [0.25, 0.3) is 0 Å². The fraction of sp³-hybridized carbons (Fsp3) is 0.458. The van der Waals surface area contributed by atoms with Gasteiger partial charge >= 0.3 is 11.9 Å². The summed E-state index contributed by atoms with van der Waals surface area (Å²) in [6.07, 6.45) is 0.474. The number of nitrogens with one attached hydrogen (secondary N) is 1. The Labute approximate surface area is 192 Å². The maximum atomic E-state index is 13.6. The van der Waals surface area contributed by atoms with E-state index in [1.807, 2.05) is 13.8 Å². The number of phenolic OH excluding ortho intramolecular Hbond substituents is 1. The van der Waals surface area contributed by atoms with Crippen LogP contribution in [-0.4, -0.2) is 48.1 Å². The average Bonchev–Trinajstić information content (AvgIpc) is 2.76. The summed E-state index contributed by atoms with van der Waals surface area (Å²) >= 11 is 1.67. The standard InChI is InChI=1S/C24H29NO6S/c1-5-32-11-10-31-24(29)19-14(3)25-17-12-13(2)18(23(28)30-4)22(27)21(17)20(19)15-6-8-16(26)9-7-15/h6-9,13,18,20,25-26H,5,10-12H2,1-4H3/t13-,18-,20+/m0/s1. The minimum absolute atomic E-state index is 0.0781. The Morgan fingerprint density at radius 1 is 1.25 bits per heavy atom. The molecule has 1 heterocycles. The van der Waals surface area contributed by atoms with Crippen molar-refractivity contribution in [2.24, 2.45) is 11.8 Å². The van der Waals surface area contributed by atoms with Crippen LogP contribution < -0.4 is 5.32 Å². The third-order valence-electron chi connectivity index (χ3n) is 5.85. The normalized spacial score (nSPS) is 22.9. The largest absolute Gasteiger partial charge is 0.508 e. The number of hydrogen-bond donors (Lipinski definition) is 2. The first-order valence-electron chi connectivity index (χ1n) is 10.7. The van der Waals surface area contributed by atoms with Crippen LogP contribution in [0.2, 0.25) is 0 Å². The van der Waals surface area contributed by atoms with Gasteiger partial charge in [0.15, 0.2) is 5.78 Å². The van der Waals surface area contributed by atoms with E-state index in [0.29, 0.717) is 40.3 Å². The molecule has 0 amide bonds. The van der Waals surface area contributed by atoms with Gasteiger partial charge < -0.3 is 19.9 Å². The monoisotopic (exact) mass is 459 g/mol. The first-order valence-corrected chi connectivity index (χ1v) is 11.8. The maximum absolute atomic E-state index is 13.6. The number of hydrogen-bond acceptors (Lipinski definition) is 8. The zero-order valence-electron chi connectivity index (χ0n) is 18.8. The molecule has 1 aliphatic carbocycles. The van der Waals surface area contributed by atoms with Gasteiger partial charge in [0.2, 0.25) is 0 Å². The number of rotatable bonds is 7. The molecule has 1 aromatic rings. The Morgan fingerprint density at radius 3 is 2.56 bits per heavy atom. The maximum Gasteiger partial charge on any atom is 0.336 e. The fourth-order valence-corrected chi connectivity index (χ4v) is 4.86. The van der Waals surface area contributed by atoms with Crippen molar-refractivity contribution in [3.05, 3.63) is 52.4 Å². The molecule has 0 fully saturated rings. The molecule has 2 N–H and O–H groups in total. The van der Waals surface area contributed by atoms with Gasteiger partial charge in [0, 0.05) is 28.6 Å². The van der Waals surface area contributed by atoms with E-state index in [1.54, 1.807) is 30.8 Å². The van der Waals surface area contributed by atoms with Crippen LogP contribution >= 0.6 is 11.8 Å². The van der Waals surface area contributed by atoms with Gasteiger partial charge in [-0.2, -0.15) is 11.8 Å². The predicted molar refractivity (Wildman–Crippen MR) is 122 cm³/mol. The molecular formula is C24H29NO6S. The number of ketones is 1. The van der Waals surface area contributed by atoms with Crippen molar-refractivity contribution in [1.82, 2.24) is 5.32 Å². The Morgan fingerprint density at radius 2 is 1.94 bits per heavy atom. The van der Waals surface area contributed by atoms with Gasteiger partial charge in [-0.25, -0.2) is 4.79 Å². The van der Waals surface area contributed by atoms with E-state index >= 15 is 0 Å². The van der Waals surface area contributed by atoms with Crippen LogP contribution in [0.15, 0.2) is 46.8 Å². The van der Waals surface area contributed by atoms with E-state index in [-0.39, 0.29) is 24.1 Å². The van der Waals surface area contributed by atoms with Gasteiger partial charge in [-0.05, 0) is 42.7 Å². The molecule has 3 rings (SSSR count). The lowest BCUT2D eigenvalue weighted by atomic mass is 9.69. The highest BCUT2D eigenvalue weighted by Crippen LogP contribution is 2.45. The number of aromatic hydroxyl groups is 1. The Bertz CT molecular complexity index is 965. The molecule has 0 aromatic heterocycles. The Kier molecular flexibility index (Phi) is 7.66. The molecule has 0 radical (unpaired) electrons. The number of ether oxygens (including phenoxy) is 2. The third-order valence-corrected chi connectivity index (χ3v) is 6.72. The van der Waals surface area contributed by atoms with Gasteiger partial charge in [-0.15, -0.1) is 0 Å². The number of benzene rings is 1. The molecule has 7 nitrogen and oxygen atoms in total. The van der Waals surface area contributed by atoms with Crippen molar-refractivity contribution >= 4 is 29.5 Å². The highest BCUT2D eigenvalue weighted by molar-refractivity contribution is 7.99. The molecule has 0 bridgehead atoms. The number of Topliss-reactive ketones (excluding diaryl/α,β-unsaturated/α-hetero) is 1. The van der Waals surface area contributed by atoms with Gasteiger partial charge in [-0.3, -0.25) is 9.59 Å². The molecule has 2 aliphatic rings. The minimum Gasteiger partial charge on any atom is -0.508 e. The SMILES string of the molecule is CCSCCOC(=O)C1=C(C)NC2=C(C(=O)[C@@H](C(=O)OC)[C@@H](C)C2)[C@@H]1c1ccc(O)cc1. The first-order chi connectivity index (χ1) is 15.3. The lowest BCUT2D eigenvalue weighted by Crippen LogP contribution is -2.43. The molecule has 3 atom stereocenters. The van der Waals surface area contributed by atoms with Crippen molar-refractivity contribution < 1.29 is 29.0 Å². The third kappa shape index (κ3) is 4.70. The smallest absolute Gasteiger partial charge is 0.336 e. The first kappa shape index (κ1) is 23.9. The quantitative estimate of drug-likeness (QED) is 0.364. The second-order valence-corrected chi connectivity index (χ2v) is 9.35. The summed E-state index contributed by atoms with van der Waals surface area (Å²) in [5, 5.41) is 13.0. The van der Waals surface area contributed by atoms with Gasteiger partial charge in [0.1, 0.15) is 18.3 Å². The van der Waals surface area contributed by atoms with Crippen LogP contribution in [0.3, 0.4) is 0 Å². The number of carbonyl (C=O) groups excluding carboxylic acids is 3. The van der Waals surface area contributed by atoms with Crippen molar-refractivity contribution in [3.63, 3.8) is 0 Å². The van der Waals surface area contributed by atoms with Crippen molar-refractivity contribution in [1.29, 1.82) is 0 Å². The van der Waals surface area contributed by atoms with E-state index in [0.717, 1.165) is 5.75 Å². The van der Waals surface area contributed by atoms with Crippen LogP contribution in [0.4, 0.5) is 0 Å². The summed E-state index contributed by atoms with van der Waals surface area (Å²) in [6, 6.07) is 6.40. The van der Waals surface area contributed by atoms with E-state index in [9.17, 15) is 19.5 Å². The minimum atomic E-state index is -0.934. The van der Waals surface area contributed by atoms with Crippen LogP contribution in [0.1, 0.15) is 38.7 Å². The molecule has 1 aliphatic heterocycles. The van der Waals surface area contributed by atoms with E-state index < -0.39 is 23.8 Å². The molecule has 0 spiro atoms. The molecule has 0 unspecified atom stereocenters. The topological polar surface area (TPSA) is 102 Å². The van der Waals surface area contributed by atoms with Crippen molar-refractivity contribution in [2.45, 2.75) is 33.1 Å². The highest BCUT2D eigenvalue weighted by Gasteiger charge is 2.47. The number of esters is 2. The van der Waals surface area contributed by atoms with Crippen LogP contribution in [0.5, 0.6) is 5.75 Å². The molecule has 8 heteroatoms. The van der Waals surface area contributed by atoms with Gasteiger partial charge in [0.05, 0.1) is 12.7 Å². The average molecular weight is 460 g/mol. The Hall–Kier alpha value is -2.74. The molecule has 0 saturated carbocycles. The second-order valence-electron chi connectivity index (χ2n) is 7.96. The molecule has 1 aromatic carbocycles. The number of phenols is 1. The lowest BCUT2D eigenvalue weighted by molar-refractivity contribution is -0.151. The van der Waals surface area contributed by atoms with Crippen molar-refractivity contribution in [2.75, 3.05) is 25.2 Å². The summed E-state index contributed by atoms with van der Waals surface area (Å²) in [4.78, 5) is 39.1. The molecule has 172 valence electrons. The van der Waals surface area contributed by atoms with E-state index in [4.69, 9.17) is 9.47 Å². The number of thioether (sulfide) groups is 1. The van der Waals surface area contributed by atoms with Gasteiger partial charge in [-0.1, -0.05) is 26.0 Å². The van der Waals surface area contributed by atoms with E-state index in [2.05, 4.69) is 5.32 Å². The summed E-state index contributed by atoms with van der Waals surface area (Å²) in [7, 11) is 1.27. The number of methoxy groups -OCH3 is 1. The lowest BCUT2D eigenvalue weighted by Gasteiger charge is -2.38. The highest BCUT2D eigenvalue weighted by atomic mass is 32.2. The van der Waals surface area contributed by atoms with E-state index in [1.165, 1.54) is 19.2 Å². The number of dihydropyridines is 1. The summed E-state index contributed by atoms with van der Waals surface area (Å²) in [5.41, 5.74) is 2.70. The number of carbonyl (C=O) groups is 3. The summed E-state index contributed by atoms with van der Waals surface area (Å²) in [5.74, 6) is -1.63. The van der Waals surface area contributed by atoms with Gasteiger partial charge in [0.25, 0.3) is 0 Å². The zero-order valence-corrected chi connectivity index (χ0v) is 19.6. The molecule has 32 heavy (non-hydrogen) atoms. The summed E-state index contributed by atoms with van der Waals surface area (Å²) < 4.78 is 10.4.